The van der Waals surface area contributed by atoms with Crippen LogP contribution in [0.5, 0.6) is 0 Å². The number of allylic oxidation sites excluding steroid dienone is 1. The SMILES string of the molecule is C=CC(=O)O.CC=CC(=O)O. The average Bonchev–Trinajstić information content (AvgIpc) is 1.89. The summed E-state index contributed by atoms with van der Waals surface area (Å²) in [5.74, 6) is -1.87. The molecule has 0 saturated heterocycles. The molecule has 0 unspecified atom stereocenters. The van der Waals surface area contributed by atoms with E-state index in [1.807, 2.05) is 0 Å². The predicted octanol–water partition coefficient (Wildman–Crippen LogP) is 0.904. The Morgan fingerprint density at radius 2 is 1.64 bits per heavy atom. The molecule has 0 spiro atoms. The molecule has 0 aliphatic heterocycles. The third-order valence-corrected chi connectivity index (χ3v) is 0.484. The molecule has 0 aliphatic rings. The van der Waals surface area contributed by atoms with Gasteiger partial charge >= 0.3 is 11.9 Å². The number of carboxylic acid groups (broad SMARTS) is 2. The third-order valence-electron chi connectivity index (χ3n) is 0.484. The van der Waals surface area contributed by atoms with Crippen molar-refractivity contribution >= 4 is 11.9 Å². The van der Waals surface area contributed by atoms with Crippen molar-refractivity contribution < 1.29 is 19.8 Å². The van der Waals surface area contributed by atoms with Crippen molar-refractivity contribution in [3.05, 3.63) is 24.8 Å². The first-order valence-electron chi connectivity index (χ1n) is 2.75. The van der Waals surface area contributed by atoms with E-state index in [0.717, 1.165) is 12.2 Å². The van der Waals surface area contributed by atoms with E-state index in [2.05, 4.69) is 6.58 Å². The van der Waals surface area contributed by atoms with E-state index in [4.69, 9.17) is 10.2 Å². The Morgan fingerprint density at radius 1 is 1.27 bits per heavy atom. The zero-order chi connectivity index (χ0) is 9.28. The summed E-state index contributed by atoms with van der Waals surface area (Å²) in [4.78, 5) is 18.8. The lowest BCUT2D eigenvalue weighted by Crippen LogP contribution is -1.83. The highest BCUT2D eigenvalue weighted by Gasteiger charge is 1.76. The first kappa shape index (κ1) is 12.1. The van der Waals surface area contributed by atoms with E-state index in [-0.39, 0.29) is 0 Å². The van der Waals surface area contributed by atoms with Crippen LogP contribution < -0.4 is 0 Å². The molecule has 11 heavy (non-hydrogen) atoms. The maximum absolute atomic E-state index is 9.51. The number of rotatable bonds is 2. The van der Waals surface area contributed by atoms with Gasteiger partial charge in [0.05, 0.1) is 0 Å². The second-order valence-corrected chi connectivity index (χ2v) is 1.38. The minimum atomic E-state index is -0.981. The Morgan fingerprint density at radius 3 is 1.64 bits per heavy atom. The second-order valence-electron chi connectivity index (χ2n) is 1.38. The maximum atomic E-state index is 9.51. The van der Waals surface area contributed by atoms with Gasteiger partial charge in [0.2, 0.25) is 0 Å². The molecule has 0 aromatic rings. The fraction of sp³-hybridized carbons (Fsp3) is 0.143. The van der Waals surface area contributed by atoms with Crippen LogP contribution in [0, 0.1) is 0 Å². The number of hydrogen-bond acceptors (Lipinski definition) is 2. The van der Waals surface area contributed by atoms with E-state index in [1.165, 1.54) is 6.08 Å². The van der Waals surface area contributed by atoms with Crippen molar-refractivity contribution in [2.75, 3.05) is 0 Å². The van der Waals surface area contributed by atoms with Gasteiger partial charge in [-0.05, 0) is 6.92 Å². The highest BCUT2D eigenvalue weighted by atomic mass is 16.4. The van der Waals surface area contributed by atoms with Crippen LogP contribution in [0.25, 0.3) is 0 Å². The Hall–Kier alpha value is -1.58. The molecule has 0 rings (SSSR count). The highest BCUT2D eigenvalue weighted by Crippen LogP contribution is 1.65. The van der Waals surface area contributed by atoms with Crippen LogP contribution in [0.2, 0.25) is 0 Å². The van der Waals surface area contributed by atoms with Crippen molar-refractivity contribution in [3.63, 3.8) is 0 Å². The van der Waals surface area contributed by atoms with Crippen LogP contribution in [-0.2, 0) is 9.59 Å². The molecule has 0 aromatic carbocycles. The van der Waals surface area contributed by atoms with Crippen LogP contribution in [-0.4, -0.2) is 22.2 Å². The van der Waals surface area contributed by atoms with Gasteiger partial charge in [0, 0.05) is 12.2 Å². The van der Waals surface area contributed by atoms with E-state index >= 15 is 0 Å². The van der Waals surface area contributed by atoms with Gasteiger partial charge < -0.3 is 10.2 Å². The molecular weight excluding hydrogens is 148 g/mol. The number of hydrogen-bond donors (Lipinski definition) is 2. The lowest BCUT2D eigenvalue weighted by Gasteiger charge is -1.68. The molecule has 62 valence electrons. The van der Waals surface area contributed by atoms with Crippen molar-refractivity contribution in [2.24, 2.45) is 0 Å². The van der Waals surface area contributed by atoms with Crippen LogP contribution in [0.4, 0.5) is 0 Å². The summed E-state index contributed by atoms with van der Waals surface area (Å²) in [7, 11) is 0. The summed E-state index contributed by atoms with van der Waals surface area (Å²) in [6.45, 7) is 4.62. The summed E-state index contributed by atoms with van der Waals surface area (Å²) in [6.07, 6.45) is 3.39. The van der Waals surface area contributed by atoms with Gasteiger partial charge in [-0.15, -0.1) is 0 Å². The lowest BCUT2D eigenvalue weighted by atomic mass is 10.5. The minimum absolute atomic E-state index is 0.833. The van der Waals surface area contributed by atoms with Gasteiger partial charge in [-0.25, -0.2) is 9.59 Å². The molecule has 2 N–H and O–H groups in total. The smallest absolute Gasteiger partial charge is 0.327 e. The molecule has 0 aliphatic carbocycles. The summed E-state index contributed by atoms with van der Waals surface area (Å²) >= 11 is 0. The summed E-state index contributed by atoms with van der Waals surface area (Å²) < 4.78 is 0. The molecule has 0 radical (unpaired) electrons. The number of aliphatic carboxylic acids is 2. The molecular formula is C7H10O4. The van der Waals surface area contributed by atoms with Crippen LogP contribution in [0.3, 0.4) is 0 Å². The third kappa shape index (κ3) is 29.7. The molecule has 0 amide bonds. The lowest BCUT2D eigenvalue weighted by molar-refractivity contribution is -0.132. The molecule has 0 saturated carbocycles. The highest BCUT2D eigenvalue weighted by molar-refractivity contribution is 5.79. The Kier molecular flexibility index (Phi) is 9.29. The average molecular weight is 158 g/mol. The number of carboxylic acids is 2. The minimum Gasteiger partial charge on any atom is -0.478 e. The van der Waals surface area contributed by atoms with Gasteiger partial charge in [0.1, 0.15) is 0 Å². The zero-order valence-corrected chi connectivity index (χ0v) is 6.15. The van der Waals surface area contributed by atoms with Gasteiger partial charge in [0.15, 0.2) is 0 Å². The van der Waals surface area contributed by atoms with Crippen LogP contribution in [0.1, 0.15) is 6.92 Å². The van der Waals surface area contributed by atoms with E-state index < -0.39 is 11.9 Å². The zero-order valence-electron chi connectivity index (χ0n) is 6.15. The van der Waals surface area contributed by atoms with E-state index in [9.17, 15) is 9.59 Å². The molecule has 0 heterocycles. The molecule has 0 bridgehead atoms. The van der Waals surface area contributed by atoms with Crippen molar-refractivity contribution in [1.82, 2.24) is 0 Å². The molecule has 4 heteroatoms. The monoisotopic (exact) mass is 158 g/mol. The van der Waals surface area contributed by atoms with Crippen LogP contribution in [0.15, 0.2) is 24.8 Å². The first-order valence-corrected chi connectivity index (χ1v) is 2.75. The van der Waals surface area contributed by atoms with Gasteiger partial charge in [-0.2, -0.15) is 0 Å². The molecule has 0 atom stereocenters. The van der Waals surface area contributed by atoms with E-state index in [1.54, 1.807) is 6.92 Å². The van der Waals surface area contributed by atoms with E-state index in [0.29, 0.717) is 0 Å². The molecule has 4 nitrogen and oxygen atoms in total. The first-order chi connectivity index (χ1) is 5.04. The van der Waals surface area contributed by atoms with Crippen molar-refractivity contribution in [3.8, 4) is 0 Å². The second kappa shape index (κ2) is 8.42. The van der Waals surface area contributed by atoms with Gasteiger partial charge in [0.25, 0.3) is 0 Å². The fourth-order valence-corrected chi connectivity index (χ4v) is 0.143. The summed E-state index contributed by atoms with van der Waals surface area (Å²) in [5, 5.41) is 15.4. The molecule has 0 fully saturated rings. The van der Waals surface area contributed by atoms with Crippen molar-refractivity contribution in [1.29, 1.82) is 0 Å². The standard InChI is InChI=1S/C4H6O2.C3H4O2/c1-2-3-4(5)6;1-2-3(4)5/h2-3H,1H3,(H,5,6);2H,1H2,(H,4,5). The summed E-state index contributed by atoms with van der Waals surface area (Å²) in [6, 6.07) is 0. The largest absolute Gasteiger partial charge is 0.478 e. The molecule has 0 aromatic heterocycles. The van der Waals surface area contributed by atoms with Crippen molar-refractivity contribution in [2.45, 2.75) is 6.92 Å². The predicted molar refractivity (Wildman–Crippen MR) is 40.3 cm³/mol. The maximum Gasteiger partial charge on any atom is 0.327 e. The summed E-state index contributed by atoms with van der Waals surface area (Å²) in [5.41, 5.74) is 0. The quantitative estimate of drug-likeness (QED) is 0.585. The topological polar surface area (TPSA) is 74.6 Å². The Balaban J connectivity index is 0. The normalized spacial score (nSPS) is 8.09. The Labute approximate surface area is 64.5 Å². The van der Waals surface area contributed by atoms with Crippen LogP contribution >= 0.6 is 0 Å². The Bertz CT molecular complexity index is 169. The fourth-order valence-electron chi connectivity index (χ4n) is 0.143. The van der Waals surface area contributed by atoms with Gasteiger partial charge in [-0.1, -0.05) is 12.7 Å². The van der Waals surface area contributed by atoms with Gasteiger partial charge in [-0.3, -0.25) is 0 Å². The number of carbonyl (C=O) groups is 2.